The number of aromatic amines is 1. The molecule has 1 fully saturated rings. The number of nitrogens with one attached hydrogen (secondary N) is 2. The molecule has 2 N–H and O–H groups in total. The van der Waals surface area contributed by atoms with Crippen molar-refractivity contribution >= 4 is 22.6 Å². The maximum Gasteiger partial charge on any atom is 0.321 e. The van der Waals surface area contributed by atoms with E-state index in [0.717, 1.165) is 36.0 Å². The fourth-order valence-corrected chi connectivity index (χ4v) is 2.78. The number of carbonyl (C=O) groups is 1. The number of benzene rings is 1. The molecule has 0 saturated carbocycles. The minimum atomic E-state index is -0.0838. The molecule has 1 saturated heterocycles. The van der Waals surface area contributed by atoms with Gasteiger partial charge in [-0.1, -0.05) is 0 Å². The van der Waals surface area contributed by atoms with Gasteiger partial charge in [-0.3, -0.25) is 5.10 Å². The molecule has 0 unspecified atom stereocenters. The largest absolute Gasteiger partial charge is 0.376 e. The number of fused-ring (bicyclic) bond motifs is 1. The first-order valence-corrected chi connectivity index (χ1v) is 7.87. The van der Waals surface area contributed by atoms with E-state index in [4.69, 9.17) is 4.74 Å². The number of urea groups is 1. The highest BCUT2D eigenvalue weighted by molar-refractivity contribution is 5.92. The predicted molar refractivity (Wildman–Crippen MR) is 86.0 cm³/mol. The lowest BCUT2D eigenvalue weighted by Gasteiger charge is -2.29. The first kappa shape index (κ1) is 14.8. The summed E-state index contributed by atoms with van der Waals surface area (Å²) in [6.07, 6.45) is 5.25. The van der Waals surface area contributed by atoms with Crippen LogP contribution < -0.4 is 5.32 Å². The zero-order valence-electron chi connectivity index (χ0n) is 12.8. The number of anilines is 1. The molecule has 1 aliphatic heterocycles. The quantitative estimate of drug-likeness (QED) is 0.912. The Labute approximate surface area is 129 Å². The Morgan fingerprint density at radius 3 is 3.18 bits per heavy atom. The van der Waals surface area contributed by atoms with E-state index in [1.807, 2.05) is 25.1 Å². The minimum absolute atomic E-state index is 0.0838. The standard InChI is InChI=1S/C16H22N4O2/c1-2-20(11-14-5-3-4-8-22-14)16(21)18-13-6-7-15-12(9-13)10-17-19-15/h6-7,9-10,14H,2-5,8,11H2,1H3,(H,17,19)(H,18,21)/t14-/m1/s1. The van der Waals surface area contributed by atoms with Gasteiger partial charge in [-0.2, -0.15) is 5.10 Å². The van der Waals surface area contributed by atoms with Crippen molar-refractivity contribution in [3.05, 3.63) is 24.4 Å². The number of rotatable bonds is 4. The number of hydrogen-bond donors (Lipinski definition) is 2. The summed E-state index contributed by atoms with van der Waals surface area (Å²) >= 11 is 0. The molecule has 3 rings (SSSR count). The van der Waals surface area contributed by atoms with E-state index in [0.29, 0.717) is 13.1 Å². The second-order valence-electron chi connectivity index (χ2n) is 5.63. The fraction of sp³-hybridized carbons (Fsp3) is 0.500. The molecule has 1 atom stereocenters. The third kappa shape index (κ3) is 3.39. The van der Waals surface area contributed by atoms with Crippen LogP contribution in [0.1, 0.15) is 26.2 Å². The summed E-state index contributed by atoms with van der Waals surface area (Å²) in [6, 6.07) is 5.63. The summed E-state index contributed by atoms with van der Waals surface area (Å²) in [5, 5.41) is 10.8. The molecule has 22 heavy (non-hydrogen) atoms. The monoisotopic (exact) mass is 302 g/mol. The molecule has 0 spiro atoms. The van der Waals surface area contributed by atoms with Gasteiger partial charge in [0, 0.05) is 30.8 Å². The Hall–Kier alpha value is -2.08. The molecule has 2 heterocycles. The predicted octanol–water partition coefficient (Wildman–Crippen LogP) is 2.99. The number of H-pyrrole nitrogens is 1. The Morgan fingerprint density at radius 1 is 1.50 bits per heavy atom. The highest BCUT2D eigenvalue weighted by Gasteiger charge is 2.20. The summed E-state index contributed by atoms with van der Waals surface area (Å²) in [7, 11) is 0. The molecule has 6 heteroatoms. The Morgan fingerprint density at radius 2 is 2.41 bits per heavy atom. The van der Waals surface area contributed by atoms with Gasteiger partial charge >= 0.3 is 6.03 Å². The zero-order valence-corrected chi connectivity index (χ0v) is 12.8. The van der Waals surface area contributed by atoms with E-state index in [-0.39, 0.29) is 12.1 Å². The molecule has 0 aliphatic carbocycles. The van der Waals surface area contributed by atoms with Crippen molar-refractivity contribution in [1.82, 2.24) is 15.1 Å². The van der Waals surface area contributed by atoms with Crippen molar-refractivity contribution in [2.24, 2.45) is 0 Å². The summed E-state index contributed by atoms with van der Waals surface area (Å²) < 4.78 is 5.72. The summed E-state index contributed by atoms with van der Waals surface area (Å²) in [5.74, 6) is 0. The van der Waals surface area contributed by atoms with Crippen molar-refractivity contribution in [1.29, 1.82) is 0 Å². The van der Waals surface area contributed by atoms with Crippen LogP contribution in [-0.4, -0.2) is 46.9 Å². The Balaban J connectivity index is 1.62. The zero-order chi connectivity index (χ0) is 15.4. The van der Waals surface area contributed by atoms with Gasteiger partial charge < -0.3 is 15.0 Å². The average Bonchev–Trinajstić information content (AvgIpc) is 3.01. The Kier molecular flexibility index (Phi) is 4.58. The van der Waals surface area contributed by atoms with E-state index in [9.17, 15) is 4.79 Å². The molecule has 0 bridgehead atoms. The van der Waals surface area contributed by atoms with Gasteiger partial charge in [0.25, 0.3) is 0 Å². The van der Waals surface area contributed by atoms with Crippen LogP contribution in [-0.2, 0) is 4.74 Å². The number of nitrogens with zero attached hydrogens (tertiary/aromatic N) is 2. The average molecular weight is 302 g/mol. The lowest BCUT2D eigenvalue weighted by molar-refractivity contribution is 0.00221. The first-order valence-electron chi connectivity index (χ1n) is 7.87. The van der Waals surface area contributed by atoms with Crippen molar-refractivity contribution in [3.8, 4) is 0 Å². The number of ether oxygens (including phenoxy) is 1. The highest BCUT2D eigenvalue weighted by atomic mass is 16.5. The van der Waals surface area contributed by atoms with Gasteiger partial charge in [0.05, 0.1) is 17.8 Å². The van der Waals surface area contributed by atoms with Gasteiger partial charge in [0.1, 0.15) is 0 Å². The number of likely N-dealkylation sites (N-methyl/N-ethyl adjacent to an activating group) is 1. The normalized spacial score (nSPS) is 18.3. The van der Waals surface area contributed by atoms with Crippen molar-refractivity contribution < 1.29 is 9.53 Å². The SMILES string of the molecule is CCN(C[C@H]1CCCCO1)C(=O)Nc1ccc2[nH]ncc2c1. The maximum absolute atomic E-state index is 12.4. The van der Waals surface area contributed by atoms with Crippen molar-refractivity contribution in [3.63, 3.8) is 0 Å². The van der Waals surface area contributed by atoms with Gasteiger partial charge in [-0.15, -0.1) is 0 Å². The van der Waals surface area contributed by atoms with Gasteiger partial charge in [0.15, 0.2) is 0 Å². The Bertz CT molecular complexity index is 634. The van der Waals surface area contributed by atoms with Crippen LogP contribution in [0.2, 0.25) is 0 Å². The van der Waals surface area contributed by atoms with Crippen LogP contribution in [0.15, 0.2) is 24.4 Å². The van der Waals surface area contributed by atoms with Crippen LogP contribution in [0, 0.1) is 0 Å². The third-order valence-electron chi connectivity index (χ3n) is 4.06. The summed E-state index contributed by atoms with van der Waals surface area (Å²) in [5.41, 5.74) is 1.74. The van der Waals surface area contributed by atoms with Gasteiger partial charge in [-0.05, 0) is 44.4 Å². The second-order valence-corrected chi connectivity index (χ2v) is 5.63. The fourth-order valence-electron chi connectivity index (χ4n) is 2.78. The minimum Gasteiger partial charge on any atom is -0.376 e. The van der Waals surface area contributed by atoms with Gasteiger partial charge in [-0.25, -0.2) is 4.79 Å². The van der Waals surface area contributed by atoms with E-state index in [1.54, 1.807) is 11.1 Å². The van der Waals surface area contributed by atoms with Crippen LogP contribution in [0.25, 0.3) is 10.9 Å². The molecular formula is C16H22N4O2. The van der Waals surface area contributed by atoms with E-state index >= 15 is 0 Å². The molecule has 1 aliphatic rings. The smallest absolute Gasteiger partial charge is 0.321 e. The number of carbonyl (C=O) groups excluding carboxylic acids is 1. The number of hydrogen-bond acceptors (Lipinski definition) is 3. The topological polar surface area (TPSA) is 70.2 Å². The van der Waals surface area contributed by atoms with Crippen LogP contribution in [0.4, 0.5) is 10.5 Å². The number of aromatic nitrogens is 2. The van der Waals surface area contributed by atoms with E-state index in [2.05, 4.69) is 15.5 Å². The molecular weight excluding hydrogens is 280 g/mol. The summed E-state index contributed by atoms with van der Waals surface area (Å²) in [4.78, 5) is 14.2. The molecule has 0 radical (unpaired) electrons. The molecule has 2 aromatic rings. The molecule has 1 aromatic carbocycles. The van der Waals surface area contributed by atoms with Crippen LogP contribution >= 0.6 is 0 Å². The van der Waals surface area contributed by atoms with E-state index in [1.165, 1.54) is 6.42 Å². The van der Waals surface area contributed by atoms with Crippen LogP contribution in [0.3, 0.4) is 0 Å². The molecule has 1 aromatic heterocycles. The lowest BCUT2D eigenvalue weighted by Crippen LogP contribution is -2.41. The van der Waals surface area contributed by atoms with Gasteiger partial charge in [0.2, 0.25) is 0 Å². The summed E-state index contributed by atoms with van der Waals surface area (Å²) in [6.45, 7) is 4.11. The lowest BCUT2D eigenvalue weighted by atomic mass is 10.1. The van der Waals surface area contributed by atoms with Crippen LogP contribution in [0.5, 0.6) is 0 Å². The second kappa shape index (κ2) is 6.79. The van der Waals surface area contributed by atoms with E-state index < -0.39 is 0 Å². The third-order valence-corrected chi connectivity index (χ3v) is 4.06. The first-order chi connectivity index (χ1) is 10.8. The van der Waals surface area contributed by atoms with Crippen molar-refractivity contribution in [2.45, 2.75) is 32.3 Å². The molecule has 118 valence electrons. The highest BCUT2D eigenvalue weighted by Crippen LogP contribution is 2.18. The molecule has 6 nitrogen and oxygen atoms in total. The maximum atomic E-state index is 12.4. The molecule has 2 amide bonds. The number of amides is 2. The van der Waals surface area contributed by atoms with Crippen molar-refractivity contribution in [2.75, 3.05) is 25.0 Å².